The van der Waals surface area contributed by atoms with E-state index in [1.807, 2.05) is 12.1 Å². The predicted molar refractivity (Wildman–Crippen MR) is 131 cm³/mol. The summed E-state index contributed by atoms with van der Waals surface area (Å²) in [6, 6.07) is 15.3. The summed E-state index contributed by atoms with van der Waals surface area (Å²) in [7, 11) is 3.18. The Morgan fingerprint density at radius 1 is 1.03 bits per heavy atom. The standard InChI is InChI=1S/C27H26ClNO7.Na/c1-33-19-8-3-16(23(13-19)34-2)9-11-29-26(30)17-4-6-18(7-5-17)36-25-15-24-21(14-22(25)28)20(27(31)32)10-12-35-24;/h3-8,13-15,20H,9-12H2,1-2H3,(H,29,30)(H,31,32);/q;+1/p-1. The van der Waals surface area contributed by atoms with Crippen molar-refractivity contribution in [3.8, 4) is 28.7 Å². The van der Waals surface area contributed by atoms with Gasteiger partial charge in [-0.25, -0.2) is 0 Å². The number of benzene rings is 3. The fourth-order valence-electron chi connectivity index (χ4n) is 3.99. The van der Waals surface area contributed by atoms with Crippen LogP contribution < -0.4 is 58.9 Å². The molecule has 1 heterocycles. The first-order valence-corrected chi connectivity index (χ1v) is 11.7. The molecular formula is C27H25ClNNaO7. The van der Waals surface area contributed by atoms with Crippen LogP contribution in [0.25, 0.3) is 0 Å². The summed E-state index contributed by atoms with van der Waals surface area (Å²) in [5, 5.41) is 14.5. The molecule has 0 radical (unpaired) electrons. The Balaban J connectivity index is 0.00000380. The fourth-order valence-corrected chi connectivity index (χ4v) is 4.20. The Bertz CT molecular complexity index is 1270. The zero-order valence-corrected chi connectivity index (χ0v) is 23.6. The quantitative estimate of drug-likeness (QED) is 0.404. The minimum Gasteiger partial charge on any atom is -0.549 e. The molecule has 0 saturated carbocycles. The molecule has 0 bridgehead atoms. The number of aliphatic carboxylic acids is 1. The van der Waals surface area contributed by atoms with Crippen LogP contribution in [0.1, 0.15) is 33.8 Å². The van der Waals surface area contributed by atoms with Gasteiger partial charge in [-0.15, -0.1) is 0 Å². The molecule has 0 spiro atoms. The number of hydrogen-bond donors (Lipinski definition) is 1. The van der Waals surface area contributed by atoms with Crippen LogP contribution >= 0.6 is 11.6 Å². The van der Waals surface area contributed by atoms with Gasteiger partial charge in [0.1, 0.15) is 28.7 Å². The maximum absolute atomic E-state index is 12.6. The molecule has 8 nitrogen and oxygen atoms in total. The monoisotopic (exact) mass is 533 g/mol. The molecule has 0 fully saturated rings. The van der Waals surface area contributed by atoms with Crippen molar-refractivity contribution in [3.63, 3.8) is 0 Å². The molecule has 1 atom stereocenters. The van der Waals surface area contributed by atoms with Gasteiger partial charge in [-0.2, -0.15) is 0 Å². The van der Waals surface area contributed by atoms with Crippen molar-refractivity contribution >= 4 is 23.5 Å². The van der Waals surface area contributed by atoms with Crippen molar-refractivity contribution in [2.24, 2.45) is 0 Å². The molecule has 1 aliphatic heterocycles. The summed E-state index contributed by atoms with van der Waals surface area (Å²) in [5.74, 6) is 0.426. The first kappa shape index (κ1) is 28.7. The Labute approximate surface area is 242 Å². The minimum atomic E-state index is -1.17. The zero-order chi connectivity index (χ0) is 25.7. The third-order valence-corrected chi connectivity index (χ3v) is 6.20. The van der Waals surface area contributed by atoms with Gasteiger partial charge in [0.15, 0.2) is 0 Å². The van der Waals surface area contributed by atoms with E-state index in [0.717, 1.165) is 5.56 Å². The average molecular weight is 534 g/mol. The van der Waals surface area contributed by atoms with Crippen LogP contribution in [-0.4, -0.2) is 39.2 Å². The number of methoxy groups -OCH3 is 2. The van der Waals surface area contributed by atoms with Crippen LogP contribution in [0.5, 0.6) is 28.7 Å². The second kappa shape index (κ2) is 13.1. The van der Waals surface area contributed by atoms with Gasteiger partial charge in [0.25, 0.3) is 5.91 Å². The van der Waals surface area contributed by atoms with Gasteiger partial charge in [-0.05, 0) is 54.8 Å². The third-order valence-electron chi connectivity index (χ3n) is 5.91. The minimum absolute atomic E-state index is 0. The second-order valence-electron chi connectivity index (χ2n) is 8.14. The van der Waals surface area contributed by atoms with Crippen LogP contribution in [0.15, 0.2) is 54.6 Å². The van der Waals surface area contributed by atoms with E-state index >= 15 is 0 Å². The normalized spacial score (nSPS) is 13.9. The van der Waals surface area contributed by atoms with E-state index in [0.29, 0.717) is 59.3 Å². The van der Waals surface area contributed by atoms with Gasteiger partial charge in [-0.1, -0.05) is 17.7 Å². The number of halogens is 1. The van der Waals surface area contributed by atoms with Crippen LogP contribution in [0.3, 0.4) is 0 Å². The van der Waals surface area contributed by atoms with E-state index in [1.54, 1.807) is 50.6 Å². The van der Waals surface area contributed by atoms with E-state index in [1.165, 1.54) is 6.07 Å². The fraction of sp³-hybridized carbons (Fsp3) is 0.259. The molecule has 3 aromatic carbocycles. The molecule has 0 aliphatic carbocycles. The number of nitrogens with one attached hydrogen (secondary N) is 1. The summed E-state index contributed by atoms with van der Waals surface area (Å²) < 4.78 is 22.0. The summed E-state index contributed by atoms with van der Waals surface area (Å²) >= 11 is 6.34. The first-order valence-electron chi connectivity index (χ1n) is 11.3. The smallest absolute Gasteiger partial charge is 0.549 e. The SMILES string of the molecule is COc1ccc(CCNC(=O)c2ccc(Oc3cc4c(cc3Cl)C(C(=O)[O-])CCO4)cc2)c(OC)c1.[Na+]. The van der Waals surface area contributed by atoms with Crippen LogP contribution in [0.2, 0.25) is 5.02 Å². The van der Waals surface area contributed by atoms with Gasteiger partial charge >= 0.3 is 29.6 Å². The molecule has 3 aromatic rings. The summed E-state index contributed by atoms with van der Waals surface area (Å²) in [5.41, 5.74) is 1.90. The Hall–Kier alpha value is -2.91. The van der Waals surface area contributed by atoms with Crippen LogP contribution in [0.4, 0.5) is 0 Å². The molecule has 188 valence electrons. The van der Waals surface area contributed by atoms with Gasteiger partial charge in [0, 0.05) is 41.7 Å². The Kier molecular flexibility index (Phi) is 10.1. The number of carboxylic acid groups (broad SMARTS) is 1. The summed E-state index contributed by atoms with van der Waals surface area (Å²) in [6.07, 6.45) is 0.917. The summed E-state index contributed by atoms with van der Waals surface area (Å²) in [6.45, 7) is 0.694. The number of ether oxygens (including phenoxy) is 4. The Morgan fingerprint density at radius 2 is 1.76 bits per heavy atom. The van der Waals surface area contributed by atoms with Crippen molar-refractivity contribution in [2.45, 2.75) is 18.8 Å². The van der Waals surface area contributed by atoms with E-state index in [2.05, 4.69) is 5.32 Å². The predicted octanol–water partition coefficient (Wildman–Crippen LogP) is 0.742. The molecular weight excluding hydrogens is 509 g/mol. The number of fused-ring (bicyclic) bond motifs is 1. The van der Waals surface area contributed by atoms with Crippen molar-refractivity contribution < 1.29 is 63.2 Å². The number of carboxylic acids is 1. The molecule has 10 heteroatoms. The number of carbonyl (C=O) groups excluding carboxylic acids is 2. The molecule has 1 N–H and O–H groups in total. The molecule has 4 rings (SSSR count). The van der Waals surface area contributed by atoms with E-state index in [4.69, 9.17) is 30.5 Å². The molecule has 0 saturated heterocycles. The molecule has 37 heavy (non-hydrogen) atoms. The van der Waals surface area contributed by atoms with Crippen molar-refractivity contribution in [2.75, 3.05) is 27.4 Å². The zero-order valence-electron chi connectivity index (χ0n) is 20.8. The summed E-state index contributed by atoms with van der Waals surface area (Å²) in [4.78, 5) is 24.0. The van der Waals surface area contributed by atoms with Gasteiger partial charge in [-0.3, -0.25) is 4.79 Å². The van der Waals surface area contributed by atoms with Gasteiger partial charge in [0.05, 0.1) is 25.8 Å². The largest absolute Gasteiger partial charge is 1.00 e. The average Bonchev–Trinajstić information content (AvgIpc) is 2.89. The van der Waals surface area contributed by atoms with E-state index < -0.39 is 11.9 Å². The maximum Gasteiger partial charge on any atom is 1.00 e. The third kappa shape index (κ3) is 6.90. The second-order valence-corrected chi connectivity index (χ2v) is 8.55. The molecule has 1 aliphatic rings. The van der Waals surface area contributed by atoms with Crippen LogP contribution in [0, 0.1) is 0 Å². The number of rotatable bonds is 9. The van der Waals surface area contributed by atoms with Crippen LogP contribution in [-0.2, 0) is 11.2 Å². The topological polar surface area (TPSA) is 106 Å². The van der Waals surface area contributed by atoms with Gasteiger partial charge < -0.3 is 34.2 Å². The number of amides is 1. The maximum atomic E-state index is 12.6. The number of hydrogen-bond acceptors (Lipinski definition) is 7. The van der Waals surface area contributed by atoms with E-state index in [-0.39, 0.29) is 47.1 Å². The number of carbonyl (C=O) groups is 2. The van der Waals surface area contributed by atoms with Crippen molar-refractivity contribution in [3.05, 3.63) is 76.3 Å². The van der Waals surface area contributed by atoms with E-state index in [9.17, 15) is 14.7 Å². The van der Waals surface area contributed by atoms with Gasteiger partial charge in [0.2, 0.25) is 0 Å². The molecule has 1 amide bonds. The Morgan fingerprint density at radius 3 is 2.43 bits per heavy atom. The van der Waals surface area contributed by atoms with Crippen molar-refractivity contribution in [1.82, 2.24) is 5.32 Å². The molecule has 1 unspecified atom stereocenters. The van der Waals surface area contributed by atoms with Crippen molar-refractivity contribution in [1.29, 1.82) is 0 Å². The molecule has 0 aromatic heterocycles. The first-order chi connectivity index (χ1) is 17.4.